The van der Waals surface area contributed by atoms with Gasteiger partial charge in [0.2, 0.25) is 11.8 Å². The van der Waals surface area contributed by atoms with Gasteiger partial charge >= 0.3 is 0 Å². The summed E-state index contributed by atoms with van der Waals surface area (Å²) >= 11 is 12.7. The first-order chi connectivity index (χ1) is 22.5. The highest BCUT2D eigenvalue weighted by Gasteiger charge is 2.35. The Balaban J connectivity index is 1.81. The lowest BCUT2D eigenvalue weighted by atomic mass is 10.0. The van der Waals surface area contributed by atoms with E-state index in [1.807, 2.05) is 51.1 Å². The molecule has 248 valence electrons. The summed E-state index contributed by atoms with van der Waals surface area (Å²) in [6, 6.07) is 26.2. The molecule has 0 radical (unpaired) electrons. The van der Waals surface area contributed by atoms with Crippen LogP contribution in [0.5, 0.6) is 5.75 Å². The maximum atomic E-state index is 14.6. The number of aryl methyl sites for hydroxylation is 1. The van der Waals surface area contributed by atoms with Crippen LogP contribution in [-0.4, -0.2) is 50.9 Å². The first-order valence-corrected chi connectivity index (χ1v) is 17.6. The Bertz CT molecular complexity index is 1750. The van der Waals surface area contributed by atoms with Gasteiger partial charge in [0.1, 0.15) is 18.3 Å². The lowest BCUT2D eigenvalue weighted by molar-refractivity contribution is -0.140. The van der Waals surface area contributed by atoms with Crippen molar-refractivity contribution < 1.29 is 22.7 Å². The van der Waals surface area contributed by atoms with Gasteiger partial charge in [-0.25, -0.2) is 8.42 Å². The van der Waals surface area contributed by atoms with E-state index in [9.17, 15) is 18.0 Å². The fourth-order valence-electron chi connectivity index (χ4n) is 4.99. The van der Waals surface area contributed by atoms with E-state index in [-0.39, 0.29) is 29.5 Å². The highest BCUT2D eigenvalue weighted by molar-refractivity contribution is 7.92. The molecular formula is C36H39Cl2N3O5S. The predicted octanol–water partition coefficient (Wildman–Crippen LogP) is 7.06. The number of nitrogens with one attached hydrogen (secondary N) is 1. The number of hydrogen-bond donors (Lipinski definition) is 1. The quantitative estimate of drug-likeness (QED) is 0.144. The number of ether oxygens (including phenoxy) is 1. The predicted molar refractivity (Wildman–Crippen MR) is 188 cm³/mol. The molecule has 8 nitrogen and oxygen atoms in total. The van der Waals surface area contributed by atoms with Gasteiger partial charge in [-0.1, -0.05) is 84.2 Å². The zero-order chi connectivity index (χ0) is 34.0. The zero-order valence-electron chi connectivity index (χ0n) is 26.7. The molecule has 0 bridgehead atoms. The Hall–Kier alpha value is -4.05. The monoisotopic (exact) mass is 695 g/mol. The number of sulfonamides is 1. The minimum Gasteiger partial charge on any atom is -0.494 e. The molecule has 4 aromatic rings. The van der Waals surface area contributed by atoms with Crippen LogP contribution >= 0.6 is 23.2 Å². The van der Waals surface area contributed by atoms with E-state index in [1.54, 1.807) is 54.6 Å². The first kappa shape index (κ1) is 35.8. The molecule has 0 aliphatic heterocycles. The number of amides is 2. The van der Waals surface area contributed by atoms with Crippen LogP contribution in [0, 0.1) is 6.92 Å². The van der Waals surface area contributed by atoms with Crippen molar-refractivity contribution in [3.8, 4) is 5.75 Å². The maximum Gasteiger partial charge on any atom is 0.264 e. The van der Waals surface area contributed by atoms with Crippen molar-refractivity contribution in [2.45, 2.75) is 51.1 Å². The van der Waals surface area contributed by atoms with Gasteiger partial charge in [0.25, 0.3) is 10.0 Å². The van der Waals surface area contributed by atoms with Crippen LogP contribution in [0.25, 0.3) is 0 Å². The summed E-state index contributed by atoms with van der Waals surface area (Å²) in [6.45, 7) is 5.86. The molecule has 0 fully saturated rings. The second-order valence-corrected chi connectivity index (χ2v) is 13.7. The SMILES string of the molecule is CCCNC(=O)[C@H](Cc1ccccc1)N(Cc1ccc(Cl)cc1Cl)C(=O)CN(c1ccc(OCC)cc1)S(=O)(=O)c1ccc(C)cc1. The van der Waals surface area contributed by atoms with Crippen molar-refractivity contribution in [1.29, 1.82) is 0 Å². The zero-order valence-corrected chi connectivity index (χ0v) is 29.0. The average Bonchev–Trinajstić information content (AvgIpc) is 3.06. The van der Waals surface area contributed by atoms with Crippen molar-refractivity contribution >= 4 is 50.7 Å². The molecule has 0 heterocycles. The van der Waals surface area contributed by atoms with E-state index in [1.165, 1.54) is 17.0 Å². The van der Waals surface area contributed by atoms with E-state index >= 15 is 0 Å². The second-order valence-electron chi connectivity index (χ2n) is 11.0. The fraction of sp³-hybridized carbons (Fsp3) is 0.278. The molecule has 0 aliphatic rings. The van der Waals surface area contributed by atoms with E-state index in [4.69, 9.17) is 27.9 Å². The Labute approximate surface area is 287 Å². The van der Waals surface area contributed by atoms with Gasteiger partial charge in [-0.05, 0) is 79.9 Å². The van der Waals surface area contributed by atoms with Gasteiger partial charge in [0.15, 0.2) is 0 Å². The third-order valence-corrected chi connectivity index (χ3v) is 9.87. The highest BCUT2D eigenvalue weighted by atomic mass is 35.5. The highest BCUT2D eigenvalue weighted by Crippen LogP contribution is 2.28. The molecule has 1 N–H and O–H groups in total. The van der Waals surface area contributed by atoms with E-state index in [2.05, 4.69) is 5.32 Å². The van der Waals surface area contributed by atoms with E-state index in [0.717, 1.165) is 15.4 Å². The third kappa shape index (κ3) is 9.50. The molecule has 0 spiro atoms. The fourth-order valence-corrected chi connectivity index (χ4v) is 6.88. The van der Waals surface area contributed by atoms with Crippen LogP contribution < -0.4 is 14.4 Å². The van der Waals surface area contributed by atoms with Crippen LogP contribution in [0.2, 0.25) is 10.0 Å². The first-order valence-electron chi connectivity index (χ1n) is 15.4. The molecule has 4 rings (SSSR count). The van der Waals surface area contributed by atoms with Crippen molar-refractivity contribution in [3.05, 3.63) is 124 Å². The van der Waals surface area contributed by atoms with Crippen molar-refractivity contribution in [2.75, 3.05) is 24.0 Å². The Morgan fingerprint density at radius 2 is 1.57 bits per heavy atom. The number of benzene rings is 4. The summed E-state index contributed by atoms with van der Waals surface area (Å²) in [7, 11) is -4.23. The Kier molecular flexibility index (Phi) is 12.7. The minimum absolute atomic E-state index is 0.0265. The van der Waals surface area contributed by atoms with E-state index < -0.39 is 28.5 Å². The lowest BCUT2D eigenvalue weighted by Crippen LogP contribution is -2.53. The Morgan fingerprint density at radius 3 is 2.19 bits per heavy atom. The van der Waals surface area contributed by atoms with Crippen LogP contribution in [0.1, 0.15) is 37.0 Å². The molecule has 0 aromatic heterocycles. The van der Waals surface area contributed by atoms with Crippen LogP contribution in [0.15, 0.2) is 102 Å². The summed E-state index contributed by atoms with van der Waals surface area (Å²) in [5.41, 5.74) is 2.54. The van der Waals surface area contributed by atoms with Crippen molar-refractivity contribution in [1.82, 2.24) is 10.2 Å². The number of halogens is 2. The molecule has 4 aromatic carbocycles. The van der Waals surface area contributed by atoms with Crippen molar-refractivity contribution in [3.63, 3.8) is 0 Å². The topological polar surface area (TPSA) is 96.0 Å². The summed E-state index contributed by atoms with van der Waals surface area (Å²) in [5.74, 6) is -0.388. The summed E-state index contributed by atoms with van der Waals surface area (Å²) in [4.78, 5) is 29.8. The van der Waals surface area contributed by atoms with Crippen LogP contribution in [-0.2, 0) is 32.6 Å². The Morgan fingerprint density at radius 1 is 0.894 bits per heavy atom. The van der Waals surface area contributed by atoms with Gasteiger partial charge in [-0.15, -0.1) is 0 Å². The normalized spacial score (nSPS) is 11.9. The summed E-state index contributed by atoms with van der Waals surface area (Å²) in [6.07, 6.45) is 0.891. The van der Waals surface area contributed by atoms with Crippen molar-refractivity contribution in [2.24, 2.45) is 0 Å². The molecule has 0 saturated heterocycles. The number of rotatable bonds is 15. The smallest absolute Gasteiger partial charge is 0.264 e. The molecule has 11 heteroatoms. The molecule has 0 aliphatic carbocycles. The number of hydrogen-bond acceptors (Lipinski definition) is 5. The largest absolute Gasteiger partial charge is 0.494 e. The number of carbonyl (C=O) groups is 2. The molecule has 0 saturated carbocycles. The summed E-state index contributed by atoms with van der Waals surface area (Å²) in [5, 5.41) is 3.67. The number of carbonyl (C=O) groups excluding carboxylic acids is 2. The standard InChI is InChI=1S/C36H39Cl2N3O5S/c1-4-21-39-36(43)34(22-27-9-7-6-8-10-27)40(24-28-13-14-29(37)23-33(28)38)35(42)25-41(30-15-17-31(18-16-30)46-5-2)47(44,45)32-19-11-26(3)12-20-32/h6-20,23,34H,4-5,21-22,24-25H2,1-3H3,(H,39,43)/t34-/m0/s1. The molecule has 2 amide bonds. The molecule has 1 atom stereocenters. The molecular weight excluding hydrogens is 657 g/mol. The van der Waals surface area contributed by atoms with E-state index in [0.29, 0.717) is 40.9 Å². The van der Waals surface area contributed by atoms with Crippen LogP contribution in [0.3, 0.4) is 0 Å². The number of anilines is 1. The van der Waals surface area contributed by atoms with Gasteiger partial charge in [-0.2, -0.15) is 0 Å². The number of nitrogens with zero attached hydrogens (tertiary/aromatic N) is 2. The molecule has 0 unspecified atom stereocenters. The maximum absolute atomic E-state index is 14.6. The molecule has 47 heavy (non-hydrogen) atoms. The average molecular weight is 697 g/mol. The van der Waals surface area contributed by atoms with Gasteiger partial charge in [0, 0.05) is 29.6 Å². The lowest BCUT2D eigenvalue weighted by Gasteiger charge is -2.34. The summed E-state index contributed by atoms with van der Waals surface area (Å²) < 4.78 is 35.0. The van der Waals surface area contributed by atoms with Crippen LogP contribution in [0.4, 0.5) is 5.69 Å². The van der Waals surface area contributed by atoms with Gasteiger partial charge < -0.3 is 15.0 Å². The minimum atomic E-state index is -4.23. The van der Waals surface area contributed by atoms with Gasteiger partial charge in [-0.3, -0.25) is 13.9 Å². The van der Waals surface area contributed by atoms with Gasteiger partial charge in [0.05, 0.1) is 17.2 Å². The second kappa shape index (κ2) is 16.7. The third-order valence-electron chi connectivity index (χ3n) is 7.50.